The summed E-state index contributed by atoms with van der Waals surface area (Å²) >= 11 is 0. The average molecular weight is 174 g/mol. The third-order valence-corrected chi connectivity index (χ3v) is 0. The van der Waals surface area contributed by atoms with Crippen molar-refractivity contribution in [2.75, 3.05) is 0 Å². The van der Waals surface area contributed by atoms with E-state index in [1.165, 1.54) is 0 Å². The van der Waals surface area contributed by atoms with Gasteiger partial charge < -0.3 is 27.4 Å². The molecule has 7 heteroatoms. The van der Waals surface area contributed by atoms with Crippen LogP contribution in [0.5, 0.6) is 0 Å². The van der Waals surface area contributed by atoms with Crippen LogP contribution in [-0.2, 0) is 35.0 Å². The van der Waals surface area contributed by atoms with E-state index in [2.05, 4.69) is 0 Å². The summed E-state index contributed by atoms with van der Waals surface area (Å²) in [5.41, 5.74) is 0. The number of hydrogen-bond acceptors (Lipinski definition) is 1. The van der Waals surface area contributed by atoms with Gasteiger partial charge in [-0.1, -0.05) is 0 Å². The SMILES string of the molecule is O.[Ca+2].[O-2].[O-2].[O-2].[OH-].[V]. The molecule has 0 bridgehead atoms. The first-order valence-corrected chi connectivity index (χ1v) is 0. The van der Waals surface area contributed by atoms with Crippen LogP contribution in [0.1, 0.15) is 0 Å². The Hall–Kier alpha value is 1.64. The zero-order chi connectivity index (χ0) is 0. The van der Waals surface area contributed by atoms with Crippen LogP contribution in [0.3, 0.4) is 0 Å². The van der Waals surface area contributed by atoms with Crippen molar-refractivity contribution in [3.8, 4) is 0 Å². The van der Waals surface area contributed by atoms with Crippen molar-refractivity contribution in [2.24, 2.45) is 0 Å². The van der Waals surface area contributed by atoms with E-state index in [4.69, 9.17) is 0 Å². The van der Waals surface area contributed by atoms with E-state index in [1.807, 2.05) is 0 Å². The van der Waals surface area contributed by atoms with Gasteiger partial charge in [0.1, 0.15) is 0 Å². The minimum Gasteiger partial charge on any atom is -2.00 e. The van der Waals surface area contributed by atoms with Crippen LogP contribution in [0, 0.1) is 0 Å². The van der Waals surface area contributed by atoms with Crippen LogP contribution in [0.15, 0.2) is 0 Å². The van der Waals surface area contributed by atoms with Crippen LogP contribution in [0.2, 0.25) is 0 Å². The fraction of sp³-hybridized carbons (Fsp3) is 0. The van der Waals surface area contributed by atoms with Crippen molar-refractivity contribution >= 4 is 37.7 Å². The second kappa shape index (κ2) is 125. The van der Waals surface area contributed by atoms with Crippen molar-refractivity contribution in [2.45, 2.75) is 0 Å². The van der Waals surface area contributed by atoms with Crippen LogP contribution in [0.4, 0.5) is 0 Å². The Morgan fingerprint density at radius 2 is 0.714 bits per heavy atom. The van der Waals surface area contributed by atoms with Crippen LogP contribution < -0.4 is 0 Å². The molecule has 0 saturated carbocycles. The summed E-state index contributed by atoms with van der Waals surface area (Å²) < 4.78 is 0. The summed E-state index contributed by atoms with van der Waals surface area (Å²) in [4.78, 5) is 0. The minimum absolute atomic E-state index is 0. The van der Waals surface area contributed by atoms with Crippen molar-refractivity contribution in [1.82, 2.24) is 0 Å². The molecular formula is H3CaO5V-5. The molecule has 0 aliphatic heterocycles. The molecule has 0 aromatic carbocycles. The fourth-order valence-corrected chi connectivity index (χ4v) is 0. The van der Waals surface area contributed by atoms with E-state index in [9.17, 15) is 0 Å². The molecule has 0 fully saturated rings. The predicted molar refractivity (Wildman–Crippen MR) is 13.4 cm³/mol. The summed E-state index contributed by atoms with van der Waals surface area (Å²) in [5.74, 6) is 0. The summed E-state index contributed by atoms with van der Waals surface area (Å²) in [5, 5.41) is 0. The minimum atomic E-state index is 0. The molecular weight excluding hydrogens is 171 g/mol. The fourth-order valence-electron chi connectivity index (χ4n) is 0. The Morgan fingerprint density at radius 3 is 0.714 bits per heavy atom. The topological polar surface area (TPSA) is 147 Å². The maximum atomic E-state index is 0. The molecule has 0 amide bonds. The summed E-state index contributed by atoms with van der Waals surface area (Å²) in [6.45, 7) is 0. The molecule has 3 N–H and O–H groups in total. The van der Waals surface area contributed by atoms with Crippen molar-refractivity contribution in [3.63, 3.8) is 0 Å². The molecule has 0 rings (SSSR count). The van der Waals surface area contributed by atoms with Crippen molar-refractivity contribution in [1.29, 1.82) is 0 Å². The Kier molecular flexibility index (Phi) is 3330. The van der Waals surface area contributed by atoms with Crippen LogP contribution in [-0.4, -0.2) is 48.7 Å². The van der Waals surface area contributed by atoms with Gasteiger partial charge in [-0.15, -0.1) is 0 Å². The third kappa shape index (κ3) is 90.1. The van der Waals surface area contributed by atoms with E-state index in [1.54, 1.807) is 0 Å². The van der Waals surface area contributed by atoms with E-state index in [-0.39, 0.29) is 83.7 Å². The first-order chi connectivity index (χ1) is 0. The molecule has 0 aliphatic rings. The molecule has 0 unspecified atom stereocenters. The van der Waals surface area contributed by atoms with Gasteiger partial charge in [-0.3, -0.25) is 0 Å². The first-order valence-electron chi connectivity index (χ1n) is 0. The molecule has 45 valence electrons. The molecule has 0 saturated heterocycles. The van der Waals surface area contributed by atoms with Gasteiger partial charge in [0.25, 0.3) is 0 Å². The molecule has 7 heavy (non-hydrogen) atoms. The largest absolute Gasteiger partial charge is 2.00 e. The third-order valence-electron chi connectivity index (χ3n) is 0. The number of rotatable bonds is 0. The van der Waals surface area contributed by atoms with Gasteiger partial charge in [0.15, 0.2) is 0 Å². The van der Waals surface area contributed by atoms with Gasteiger partial charge >= 0.3 is 37.7 Å². The number of hydrogen-bond donors (Lipinski definition) is 0. The van der Waals surface area contributed by atoms with E-state index >= 15 is 0 Å². The molecule has 0 spiro atoms. The predicted octanol–water partition coefficient (Wildman–Crippen LogP) is -1.74. The van der Waals surface area contributed by atoms with Gasteiger partial charge in [0.05, 0.1) is 0 Å². The van der Waals surface area contributed by atoms with Crippen LogP contribution in [0.25, 0.3) is 0 Å². The zero-order valence-corrected chi connectivity index (χ0v) is 6.93. The summed E-state index contributed by atoms with van der Waals surface area (Å²) in [6.07, 6.45) is 0. The quantitative estimate of drug-likeness (QED) is 0.394. The van der Waals surface area contributed by atoms with E-state index < -0.39 is 0 Å². The van der Waals surface area contributed by atoms with Crippen LogP contribution >= 0.6 is 0 Å². The smallest absolute Gasteiger partial charge is 2.00 e. The Balaban J connectivity index is 0. The summed E-state index contributed by atoms with van der Waals surface area (Å²) in [7, 11) is 0. The van der Waals surface area contributed by atoms with Crippen molar-refractivity contribution < 1.29 is 45.9 Å². The standard InChI is InChI=1S/Ca.2H2O.3O.V/h;2*1H2;;;;/q+2;;;3*-2;/p-1. The van der Waals surface area contributed by atoms with Gasteiger partial charge in [-0.2, -0.15) is 0 Å². The maximum Gasteiger partial charge on any atom is 2.00 e. The molecule has 0 aliphatic carbocycles. The Labute approximate surface area is 82.9 Å². The maximum absolute atomic E-state index is 0. The molecule has 0 atom stereocenters. The monoisotopic (exact) mass is 174 g/mol. The van der Waals surface area contributed by atoms with E-state index in [0.717, 1.165) is 0 Å². The van der Waals surface area contributed by atoms with Crippen molar-refractivity contribution in [3.05, 3.63) is 0 Å². The zero-order valence-electron chi connectivity index (χ0n) is 3.33. The van der Waals surface area contributed by atoms with E-state index in [0.29, 0.717) is 0 Å². The normalized spacial score (nSPS) is 0. The molecule has 0 aromatic heterocycles. The Morgan fingerprint density at radius 1 is 0.714 bits per heavy atom. The first kappa shape index (κ1) is 187. The van der Waals surface area contributed by atoms with Gasteiger partial charge in [0.2, 0.25) is 0 Å². The average Bonchev–Trinajstić information content (AvgIpc) is 0. The van der Waals surface area contributed by atoms with Gasteiger partial charge in [0, 0.05) is 18.6 Å². The molecule has 0 heterocycles. The second-order valence-electron chi connectivity index (χ2n) is 0. The second-order valence-corrected chi connectivity index (χ2v) is 0. The van der Waals surface area contributed by atoms with Gasteiger partial charge in [-0.05, 0) is 0 Å². The van der Waals surface area contributed by atoms with Gasteiger partial charge in [-0.25, -0.2) is 0 Å². The Bertz CT molecular complexity index is 8.04. The molecule has 1 radical (unpaired) electrons. The molecule has 5 nitrogen and oxygen atoms in total. The summed E-state index contributed by atoms with van der Waals surface area (Å²) in [6, 6.07) is 0. The molecule has 0 aromatic rings.